The van der Waals surface area contributed by atoms with Gasteiger partial charge in [-0.25, -0.2) is 0 Å². The molecule has 0 spiro atoms. The lowest BCUT2D eigenvalue weighted by molar-refractivity contribution is 0.399. The number of ether oxygens (including phenoxy) is 2. The number of hydrogen-bond acceptors (Lipinski definition) is 2. The second-order valence-electron chi connectivity index (χ2n) is 2.53. The van der Waals surface area contributed by atoms with Crippen LogP contribution < -0.4 is 9.47 Å². The van der Waals surface area contributed by atoms with Crippen LogP contribution in [0.4, 0.5) is 0 Å². The Morgan fingerprint density at radius 3 is 2.42 bits per heavy atom. The van der Waals surface area contributed by atoms with Gasteiger partial charge in [0.15, 0.2) is 0 Å². The minimum absolute atomic E-state index is 0.882. The van der Waals surface area contributed by atoms with Crippen LogP contribution in [0.2, 0.25) is 0 Å². The topological polar surface area (TPSA) is 18.5 Å². The lowest BCUT2D eigenvalue weighted by atomic mass is 10.1. The molecule has 0 aliphatic carbocycles. The standard InChI is InChI=1S/C10H14O2/c1-4-8-7-9(11-2)5-6-10(8)12-3/h5-7H,4H2,1-3H3. The van der Waals surface area contributed by atoms with Gasteiger partial charge in [-0.05, 0) is 30.2 Å². The van der Waals surface area contributed by atoms with Gasteiger partial charge in [-0.2, -0.15) is 0 Å². The Hall–Kier alpha value is -1.18. The molecule has 0 saturated heterocycles. The predicted octanol–water partition coefficient (Wildman–Crippen LogP) is 2.27. The third kappa shape index (κ3) is 1.70. The van der Waals surface area contributed by atoms with Crippen LogP contribution in [-0.2, 0) is 6.42 Å². The van der Waals surface area contributed by atoms with Crippen LogP contribution in [-0.4, -0.2) is 14.2 Å². The molecule has 12 heavy (non-hydrogen) atoms. The summed E-state index contributed by atoms with van der Waals surface area (Å²) in [4.78, 5) is 0. The lowest BCUT2D eigenvalue weighted by Crippen LogP contribution is -1.91. The van der Waals surface area contributed by atoms with E-state index in [-0.39, 0.29) is 0 Å². The molecule has 0 aliphatic heterocycles. The van der Waals surface area contributed by atoms with Crippen LogP contribution >= 0.6 is 0 Å². The molecule has 0 heterocycles. The van der Waals surface area contributed by atoms with E-state index in [4.69, 9.17) is 9.47 Å². The van der Waals surface area contributed by atoms with Crippen molar-refractivity contribution in [2.45, 2.75) is 13.3 Å². The Morgan fingerprint density at radius 1 is 1.17 bits per heavy atom. The summed E-state index contributed by atoms with van der Waals surface area (Å²) in [7, 11) is 3.35. The van der Waals surface area contributed by atoms with E-state index in [1.165, 1.54) is 5.56 Å². The summed E-state index contributed by atoms with van der Waals surface area (Å²) in [5, 5.41) is 0. The first-order valence-corrected chi connectivity index (χ1v) is 4.02. The molecule has 0 N–H and O–H groups in total. The van der Waals surface area contributed by atoms with Crippen molar-refractivity contribution in [3.8, 4) is 11.5 Å². The average molecular weight is 166 g/mol. The molecule has 0 unspecified atom stereocenters. The third-order valence-corrected chi connectivity index (χ3v) is 1.87. The van der Waals surface area contributed by atoms with Gasteiger partial charge in [-0.3, -0.25) is 0 Å². The molecule has 0 fully saturated rings. The van der Waals surface area contributed by atoms with E-state index in [0.29, 0.717) is 0 Å². The van der Waals surface area contributed by atoms with E-state index in [0.717, 1.165) is 17.9 Å². The maximum Gasteiger partial charge on any atom is 0.122 e. The molecule has 1 rings (SSSR count). The molecule has 66 valence electrons. The molecule has 1 aromatic rings. The highest BCUT2D eigenvalue weighted by Gasteiger charge is 2.01. The van der Waals surface area contributed by atoms with Crippen LogP contribution in [0.5, 0.6) is 11.5 Å². The quantitative estimate of drug-likeness (QED) is 0.685. The van der Waals surface area contributed by atoms with Crippen molar-refractivity contribution in [1.29, 1.82) is 0 Å². The minimum atomic E-state index is 0.882. The molecule has 0 bridgehead atoms. The van der Waals surface area contributed by atoms with Gasteiger partial charge in [0.25, 0.3) is 0 Å². The van der Waals surface area contributed by atoms with Crippen molar-refractivity contribution in [3.05, 3.63) is 23.8 Å². The molecular formula is C10H14O2. The summed E-state index contributed by atoms with van der Waals surface area (Å²) in [5.41, 5.74) is 1.18. The van der Waals surface area contributed by atoms with Crippen molar-refractivity contribution in [3.63, 3.8) is 0 Å². The summed E-state index contributed by atoms with van der Waals surface area (Å²) in [6.07, 6.45) is 0.959. The fourth-order valence-electron chi connectivity index (χ4n) is 1.16. The Balaban J connectivity index is 3.02. The zero-order valence-corrected chi connectivity index (χ0v) is 7.76. The fraction of sp³-hybridized carbons (Fsp3) is 0.400. The van der Waals surface area contributed by atoms with Crippen LogP contribution in [0.3, 0.4) is 0 Å². The minimum Gasteiger partial charge on any atom is -0.497 e. The molecule has 0 saturated carbocycles. The van der Waals surface area contributed by atoms with E-state index >= 15 is 0 Å². The van der Waals surface area contributed by atoms with Crippen molar-refractivity contribution in [2.75, 3.05) is 14.2 Å². The number of rotatable bonds is 3. The fourth-order valence-corrected chi connectivity index (χ4v) is 1.16. The lowest BCUT2D eigenvalue weighted by Gasteiger charge is -2.07. The van der Waals surface area contributed by atoms with Gasteiger partial charge in [0.2, 0.25) is 0 Å². The zero-order chi connectivity index (χ0) is 8.97. The average Bonchev–Trinajstić information content (AvgIpc) is 2.16. The molecule has 0 aliphatic rings. The van der Waals surface area contributed by atoms with Gasteiger partial charge in [-0.1, -0.05) is 6.92 Å². The normalized spacial score (nSPS) is 9.58. The highest BCUT2D eigenvalue weighted by atomic mass is 16.5. The number of aryl methyl sites for hydroxylation is 1. The summed E-state index contributed by atoms with van der Waals surface area (Å²) < 4.78 is 10.3. The smallest absolute Gasteiger partial charge is 0.122 e. The summed E-state index contributed by atoms with van der Waals surface area (Å²) in [6.45, 7) is 2.09. The second kappa shape index (κ2) is 4.00. The van der Waals surface area contributed by atoms with Gasteiger partial charge in [0, 0.05) is 0 Å². The summed E-state index contributed by atoms with van der Waals surface area (Å²) in [5.74, 6) is 1.81. The Labute approximate surface area is 73.1 Å². The van der Waals surface area contributed by atoms with E-state index < -0.39 is 0 Å². The highest BCUT2D eigenvalue weighted by molar-refractivity contribution is 5.40. The van der Waals surface area contributed by atoms with Gasteiger partial charge in [0.1, 0.15) is 11.5 Å². The van der Waals surface area contributed by atoms with Crippen molar-refractivity contribution >= 4 is 0 Å². The van der Waals surface area contributed by atoms with E-state index in [9.17, 15) is 0 Å². The molecule has 2 heteroatoms. The number of benzene rings is 1. The summed E-state index contributed by atoms with van der Waals surface area (Å²) in [6, 6.07) is 5.83. The van der Waals surface area contributed by atoms with Crippen LogP contribution in [0, 0.1) is 0 Å². The molecule has 2 nitrogen and oxygen atoms in total. The monoisotopic (exact) mass is 166 g/mol. The molecule has 0 amide bonds. The molecular weight excluding hydrogens is 152 g/mol. The largest absolute Gasteiger partial charge is 0.497 e. The van der Waals surface area contributed by atoms with Gasteiger partial charge >= 0.3 is 0 Å². The maximum absolute atomic E-state index is 5.18. The first kappa shape index (κ1) is 8.91. The van der Waals surface area contributed by atoms with Gasteiger partial charge in [-0.15, -0.1) is 0 Å². The number of methoxy groups -OCH3 is 2. The van der Waals surface area contributed by atoms with Gasteiger partial charge in [0.05, 0.1) is 14.2 Å². The van der Waals surface area contributed by atoms with Crippen LogP contribution in [0.15, 0.2) is 18.2 Å². The van der Waals surface area contributed by atoms with E-state index in [2.05, 4.69) is 6.92 Å². The molecule has 0 atom stereocenters. The third-order valence-electron chi connectivity index (χ3n) is 1.87. The highest BCUT2D eigenvalue weighted by Crippen LogP contribution is 2.23. The second-order valence-corrected chi connectivity index (χ2v) is 2.53. The molecule has 0 radical (unpaired) electrons. The number of hydrogen-bond donors (Lipinski definition) is 0. The first-order chi connectivity index (χ1) is 5.81. The SMILES string of the molecule is CCc1cc(OC)ccc1OC. The Bertz CT molecular complexity index is 256. The maximum atomic E-state index is 5.18. The van der Waals surface area contributed by atoms with Crippen LogP contribution in [0.25, 0.3) is 0 Å². The van der Waals surface area contributed by atoms with Gasteiger partial charge < -0.3 is 9.47 Å². The summed E-state index contributed by atoms with van der Waals surface area (Å²) >= 11 is 0. The molecule has 0 aromatic heterocycles. The zero-order valence-electron chi connectivity index (χ0n) is 7.76. The Kier molecular flexibility index (Phi) is 2.97. The molecule has 1 aromatic carbocycles. The predicted molar refractivity (Wildman–Crippen MR) is 48.9 cm³/mol. The van der Waals surface area contributed by atoms with E-state index in [1.807, 2.05) is 18.2 Å². The van der Waals surface area contributed by atoms with Crippen molar-refractivity contribution in [2.24, 2.45) is 0 Å². The van der Waals surface area contributed by atoms with Crippen molar-refractivity contribution in [1.82, 2.24) is 0 Å². The van der Waals surface area contributed by atoms with E-state index in [1.54, 1.807) is 14.2 Å². The Morgan fingerprint density at radius 2 is 1.92 bits per heavy atom. The van der Waals surface area contributed by atoms with Crippen LogP contribution in [0.1, 0.15) is 12.5 Å². The van der Waals surface area contributed by atoms with Crippen molar-refractivity contribution < 1.29 is 9.47 Å². The first-order valence-electron chi connectivity index (χ1n) is 4.02.